The minimum atomic E-state index is -3.85. The van der Waals surface area contributed by atoms with E-state index >= 15 is 0 Å². The van der Waals surface area contributed by atoms with Crippen LogP contribution in [0.3, 0.4) is 0 Å². The summed E-state index contributed by atoms with van der Waals surface area (Å²) in [6, 6.07) is 12.7. The minimum Gasteiger partial charge on any atom is -0.497 e. The highest BCUT2D eigenvalue weighted by molar-refractivity contribution is 7.92. The first-order chi connectivity index (χ1) is 14.8. The van der Waals surface area contributed by atoms with Crippen LogP contribution in [-0.4, -0.2) is 59.4 Å². The van der Waals surface area contributed by atoms with Gasteiger partial charge in [0.2, 0.25) is 5.91 Å². The first-order valence-corrected chi connectivity index (χ1v) is 11.5. The van der Waals surface area contributed by atoms with E-state index in [1.165, 1.54) is 23.5 Å². The predicted octanol–water partition coefficient (Wildman–Crippen LogP) is 2.12. The number of ether oxygens (including phenoxy) is 1. The van der Waals surface area contributed by atoms with E-state index in [-0.39, 0.29) is 22.6 Å². The Morgan fingerprint density at radius 2 is 1.74 bits per heavy atom. The van der Waals surface area contributed by atoms with Gasteiger partial charge in [-0.1, -0.05) is 6.07 Å². The van der Waals surface area contributed by atoms with Gasteiger partial charge in [-0.2, -0.15) is 0 Å². The molecule has 1 fully saturated rings. The number of piperidine rings is 1. The summed E-state index contributed by atoms with van der Waals surface area (Å²) in [7, 11) is 0.761. The molecule has 8 nitrogen and oxygen atoms in total. The van der Waals surface area contributed by atoms with Crippen molar-refractivity contribution < 1.29 is 22.7 Å². The average molecular weight is 446 g/mol. The Morgan fingerprint density at radius 3 is 2.32 bits per heavy atom. The van der Waals surface area contributed by atoms with Crippen molar-refractivity contribution in [3.05, 3.63) is 54.1 Å². The van der Waals surface area contributed by atoms with Crippen LogP contribution in [0, 0.1) is 5.92 Å². The van der Waals surface area contributed by atoms with Gasteiger partial charge in [-0.15, -0.1) is 0 Å². The van der Waals surface area contributed by atoms with Crippen molar-refractivity contribution in [2.75, 3.05) is 38.6 Å². The van der Waals surface area contributed by atoms with Gasteiger partial charge in [0.05, 0.1) is 17.7 Å². The van der Waals surface area contributed by atoms with Crippen molar-refractivity contribution in [1.29, 1.82) is 0 Å². The van der Waals surface area contributed by atoms with E-state index in [1.807, 2.05) is 0 Å². The number of nitrogens with zero attached hydrogens (tertiary/aromatic N) is 2. The van der Waals surface area contributed by atoms with Crippen molar-refractivity contribution in [3.63, 3.8) is 0 Å². The highest BCUT2D eigenvalue weighted by Crippen LogP contribution is 2.26. The number of nitrogens with one attached hydrogen (secondary N) is 1. The Balaban J connectivity index is 1.77. The summed E-state index contributed by atoms with van der Waals surface area (Å²) in [6.07, 6.45) is 1.17. The van der Waals surface area contributed by atoms with Gasteiger partial charge in [0.15, 0.2) is 0 Å². The molecule has 0 radical (unpaired) electrons. The normalized spacial score (nSPS) is 14.7. The molecule has 1 aliphatic rings. The number of carbonyl (C=O) groups excluding carboxylic acids is 2. The molecule has 31 heavy (non-hydrogen) atoms. The molecule has 0 aliphatic carbocycles. The quantitative estimate of drug-likeness (QED) is 0.735. The second-order valence-electron chi connectivity index (χ2n) is 7.38. The van der Waals surface area contributed by atoms with Crippen LogP contribution in [0.5, 0.6) is 5.75 Å². The van der Waals surface area contributed by atoms with Crippen LogP contribution < -0.4 is 14.4 Å². The lowest BCUT2D eigenvalue weighted by atomic mass is 9.95. The van der Waals surface area contributed by atoms with Crippen molar-refractivity contribution in [2.45, 2.75) is 17.7 Å². The monoisotopic (exact) mass is 445 g/mol. The van der Waals surface area contributed by atoms with Crippen LogP contribution in [0.1, 0.15) is 23.2 Å². The van der Waals surface area contributed by atoms with Crippen LogP contribution >= 0.6 is 0 Å². The van der Waals surface area contributed by atoms with E-state index in [9.17, 15) is 18.0 Å². The minimum absolute atomic E-state index is 0.0123. The maximum absolute atomic E-state index is 13.1. The van der Waals surface area contributed by atoms with Crippen LogP contribution in [0.2, 0.25) is 0 Å². The molecule has 0 aromatic heterocycles. The Morgan fingerprint density at radius 1 is 1.10 bits per heavy atom. The number of rotatable bonds is 6. The van der Waals surface area contributed by atoms with Crippen molar-refractivity contribution in [3.8, 4) is 5.75 Å². The number of methoxy groups -OCH3 is 1. The number of sulfonamides is 1. The Bertz CT molecular complexity index is 1050. The van der Waals surface area contributed by atoms with Crippen molar-refractivity contribution in [2.24, 2.45) is 5.92 Å². The molecule has 2 amide bonds. The van der Waals surface area contributed by atoms with E-state index in [4.69, 9.17) is 4.74 Å². The third kappa shape index (κ3) is 4.82. The molecular formula is C22H27N3O5S. The van der Waals surface area contributed by atoms with E-state index in [1.54, 1.807) is 55.5 Å². The van der Waals surface area contributed by atoms with E-state index in [0.717, 1.165) is 0 Å². The maximum Gasteiger partial charge on any atom is 0.264 e. The summed E-state index contributed by atoms with van der Waals surface area (Å²) in [4.78, 5) is 26.4. The van der Waals surface area contributed by atoms with Gasteiger partial charge in [0.1, 0.15) is 5.75 Å². The molecule has 1 heterocycles. The lowest BCUT2D eigenvalue weighted by Gasteiger charge is -2.31. The first kappa shape index (κ1) is 22.6. The van der Waals surface area contributed by atoms with Crippen molar-refractivity contribution in [1.82, 2.24) is 10.2 Å². The van der Waals surface area contributed by atoms with E-state index < -0.39 is 10.0 Å². The topological polar surface area (TPSA) is 96.0 Å². The summed E-state index contributed by atoms with van der Waals surface area (Å²) in [6.45, 7) is 0.916. The molecule has 1 aliphatic heterocycles. The van der Waals surface area contributed by atoms with Gasteiger partial charge in [0.25, 0.3) is 15.9 Å². The molecule has 166 valence electrons. The number of amides is 2. The molecule has 0 saturated carbocycles. The lowest BCUT2D eigenvalue weighted by molar-refractivity contribution is -0.125. The standard InChI is InChI=1S/C22H27N3O5S/c1-23-21(26)16-11-13-25(14-12-16)22(27)17-5-4-6-20(15-17)31(28,29)24(2)18-7-9-19(30-3)10-8-18/h4-10,15-16H,11-14H2,1-3H3,(H,23,26). The van der Waals surface area contributed by atoms with Crippen LogP contribution in [-0.2, 0) is 14.8 Å². The molecule has 0 unspecified atom stereocenters. The molecule has 0 atom stereocenters. The number of hydrogen-bond donors (Lipinski definition) is 1. The number of anilines is 1. The smallest absolute Gasteiger partial charge is 0.264 e. The van der Waals surface area contributed by atoms with Gasteiger partial charge in [0, 0.05) is 38.7 Å². The number of hydrogen-bond acceptors (Lipinski definition) is 5. The van der Waals surface area contributed by atoms with Crippen LogP contribution in [0.4, 0.5) is 5.69 Å². The summed E-state index contributed by atoms with van der Waals surface area (Å²) >= 11 is 0. The fourth-order valence-corrected chi connectivity index (χ4v) is 4.85. The molecule has 1 saturated heterocycles. The lowest BCUT2D eigenvalue weighted by Crippen LogP contribution is -2.42. The first-order valence-electron chi connectivity index (χ1n) is 10.0. The van der Waals surface area contributed by atoms with Crippen LogP contribution in [0.25, 0.3) is 0 Å². The second kappa shape index (κ2) is 9.38. The Kier molecular flexibility index (Phi) is 6.84. The average Bonchev–Trinajstić information content (AvgIpc) is 2.82. The van der Waals surface area contributed by atoms with Crippen LogP contribution in [0.15, 0.2) is 53.4 Å². The van der Waals surface area contributed by atoms with Gasteiger partial charge in [-0.3, -0.25) is 13.9 Å². The summed E-state index contributed by atoms with van der Waals surface area (Å²) in [5.74, 6) is 0.280. The second-order valence-corrected chi connectivity index (χ2v) is 9.35. The largest absolute Gasteiger partial charge is 0.497 e. The highest BCUT2D eigenvalue weighted by Gasteiger charge is 2.28. The Hall–Kier alpha value is -3.07. The molecule has 9 heteroatoms. The SMILES string of the molecule is CNC(=O)C1CCN(C(=O)c2cccc(S(=O)(=O)N(C)c3ccc(OC)cc3)c2)CC1. The molecule has 3 rings (SSSR count). The molecular weight excluding hydrogens is 418 g/mol. The molecule has 2 aromatic carbocycles. The molecule has 1 N–H and O–H groups in total. The van der Waals surface area contributed by atoms with E-state index in [0.29, 0.717) is 42.9 Å². The fraction of sp³-hybridized carbons (Fsp3) is 0.364. The van der Waals surface area contributed by atoms with Crippen molar-refractivity contribution >= 4 is 27.5 Å². The fourth-order valence-electron chi connectivity index (χ4n) is 3.61. The van der Waals surface area contributed by atoms with Gasteiger partial charge < -0.3 is 15.0 Å². The number of carbonyl (C=O) groups is 2. The summed E-state index contributed by atoms with van der Waals surface area (Å²) < 4.78 is 32.5. The number of likely N-dealkylation sites (tertiary alicyclic amines) is 1. The molecule has 0 spiro atoms. The number of benzene rings is 2. The molecule has 0 bridgehead atoms. The van der Waals surface area contributed by atoms with E-state index in [2.05, 4.69) is 5.32 Å². The zero-order valence-corrected chi connectivity index (χ0v) is 18.7. The highest BCUT2D eigenvalue weighted by atomic mass is 32.2. The predicted molar refractivity (Wildman–Crippen MR) is 118 cm³/mol. The third-order valence-electron chi connectivity index (χ3n) is 5.57. The van der Waals surface area contributed by atoms with Gasteiger partial charge in [-0.25, -0.2) is 8.42 Å². The Labute approximate surface area is 182 Å². The van der Waals surface area contributed by atoms with Gasteiger partial charge in [-0.05, 0) is 55.3 Å². The third-order valence-corrected chi connectivity index (χ3v) is 7.36. The summed E-state index contributed by atoms with van der Waals surface area (Å²) in [5, 5.41) is 2.64. The molecule has 2 aromatic rings. The summed E-state index contributed by atoms with van der Waals surface area (Å²) in [5.41, 5.74) is 0.788. The zero-order valence-electron chi connectivity index (χ0n) is 17.9. The van der Waals surface area contributed by atoms with Gasteiger partial charge >= 0.3 is 0 Å². The zero-order chi connectivity index (χ0) is 22.6. The maximum atomic E-state index is 13.1.